The van der Waals surface area contributed by atoms with E-state index in [0.717, 1.165) is 5.56 Å². The zero-order valence-corrected chi connectivity index (χ0v) is 14.6. The predicted molar refractivity (Wildman–Crippen MR) is 97.5 cm³/mol. The van der Waals surface area contributed by atoms with Crippen molar-refractivity contribution >= 4 is 49.9 Å². The number of hydrogen-bond donors (Lipinski definition) is 2. The number of halogens is 2. The minimum atomic E-state index is -0.392. The Balaban J connectivity index is 1.94. The first-order valence-electron chi connectivity index (χ1n) is 7.31. The highest BCUT2D eigenvalue weighted by Crippen LogP contribution is 2.31. The third-order valence-electron chi connectivity index (χ3n) is 3.61. The third-order valence-corrected chi connectivity index (χ3v) is 4.77. The van der Waals surface area contributed by atoms with Gasteiger partial charge in [0.25, 0.3) is 5.91 Å². The molecule has 0 saturated heterocycles. The summed E-state index contributed by atoms with van der Waals surface area (Å²) in [6.45, 7) is 3.96. The highest BCUT2D eigenvalue weighted by Gasteiger charge is 2.17. The van der Waals surface area contributed by atoms with E-state index in [4.69, 9.17) is 17.3 Å². The zero-order chi connectivity index (χ0) is 17.4. The first-order valence-corrected chi connectivity index (χ1v) is 8.51. The summed E-state index contributed by atoms with van der Waals surface area (Å²) in [5.74, 6) is -0.596. The van der Waals surface area contributed by atoms with Crippen molar-refractivity contribution in [3.63, 3.8) is 0 Å². The van der Waals surface area contributed by atoms with Crippen LogP contribution >= 0.6 is 22.9 Å². The fourth-order valence-electron chi connectivity index (χ4n) is 2.42. The van der Waals surface area contributed by atoms with Crippen LogP contribution in [0.4, 0.5) is 15.2 Å². The number of nitrogens with one attached hydrogen (secondary N) is 1. The minimum Gasteiger partial charge on any atom is -0.398 e. The van der Waals surface area contributed by atoms with Crippen molar-refractivity contribution in [2.45, 2.75) is 19.8 Å². The Labute approximate surface area is 147 Å². The Hall–Kier alpha value is -2.18. The predicted octanol–water partition coefficient (Wildman–Crippen LogP) is 5.05. The average Bonchev–Trinajstić information content (AvgIpc) is 2.90. The molecule has 0 spiro atoms. The molecule has 3 rings (SSSR count). The number of hydrogen-bond acceptors (Lipinski definition) is 4. The summed E-state index contributed by atoms with van der Waals surface area (Å²) in [5.41, 5.74) is 8.26. The molecule has 2 aromatic carbocycles. The number of carbonyl (C=O) groups excluding carboxylic acids is 1. The van der Waals surface area contributed by atoms with Crippen LogP contribution in [0.3, 0.4) is 0 Å². The zero-order valence-electron chi connectivity index (χ0n) is 13.1. The minimum absolute atomic E-state index is 0.140. The Kier molecular flexibility index (Phi) is 4.43. The Morgan fingerprint density at radius 2 is 2.08 bits per heavy atom. The highest BCUT2D eigenvalue weighted by atomic mass is 35.5. The molecular weight excluding hydrogens is 349 g/mol. The van der Waals surface area contributed by atoms with Gasteiger partial charge in [-0.1, -0.05) is 36.8 Å². The van der Waals surface area contributed by atoms with E-state index in [2.05, 4.69) is 10.3 Å². The number of thiazole rings is 1. The fraction of sp³-hybridized carbons (Fsp3) is 0.176. The molecule has 1 aromatic heterocycles. The van der Waals surface area contributed by atoms with E-state index < -0.39 is 5.91 Å². The molecule has 0 saturated carbocycles. The molecule has 24 heavy (non-hydrogen) atoms. The van der Waals surface area contributed by atoms with Gasteiger partial charge in [-0.2, -0.15) is 0 Å². The molecule has 0 bridgehead atoms. The SMILES string of the molecule is CC(C)c1cc(Cl)cc(C(=O)Nc2nc3ccc(F)cc3s2)c1N. The average molecular weight is 364 g/mol. The van der Waals surface area contributed by atoms with Gasteiger partial charge in [-0.3, -0.25) is 10.1 Å². The van der Waals surface area contributed by atoms with Crippen LogP contribution in [-0.2, 0) is 0 Å². The molecule has 4 nitrogen and oxygen atoms in total. The Morgan fingerprint density at radius 1 is 1.33 bits per heavy atom. The van der Waals surface area contributed by atoms with Gasteiger partial charge in [0.15, 0.2) is 5.13 Å². The van der Waals surface area contributed by atoms with Gasteiger partial charge in [-0.15, -0.1) is 0 Å². The van der Waals surface area contributed by atoms with Crippen molar-refractivity contribution in [3.8, 4) is 0 Å². The number of nitrogen functional groups attached to an aromatic ring is 1. The number of carbonyl (C=O) groups is 1. The third kappa shape index (κ3) is 3.20. The molecule has 1 amide bonds. The molecule has 0 unspecified atom stereocenters. The maximum absolute atomic E-state index is 13.3. The van der Waals surface area contributed by atoms with E-state index in [9.17, 15) is 9.18 Å². The van der Waals surface area contributed by atoms with Crippen LogP contribution < -0.4 is 11.1 Å². The van der Waals surface area contributed by atoms with Gasteiger partial charge in [0, 0.05) is 10.7 Å². The molecule has 0 aliphatic rings. The van der Waals surface area contributed by atoms with E-state index in [-0.39, 0.29) is 11.7 Å². The van der Waals surface area contributed by atoms with Crippen molar-refractivity contribution in [2.75, 3.05) is 11.1 Å². The first kappa shape index (κ1) is 16.7. The van der Waals surface area contributed by atoms with E-state index in [1.807, 2.05) is 13.8 Å². The molecule has 0 fully saturated rings. The van der Waals surface area contributed by atoms with E-state index in [0.29, 0.717) is 31.6 Å². The van der Waals surface area contributed by atoms with Gasteiger partial charge in [0.2, 0.25) is 0 Å². The van der Waals surface area contributed by atoms with E-state index >= 15 is 0 Å². The van der Waals surface area contributed by atoms with Crippen molar-refractivity contribution in [3.05, 3.63) is 52.3 Å². The molecular formula is C17H15ClFN3OS. The van der Waals surface area contributed by atoms with Gasteiger partial charge in [0.1, 0.15) is 5.82 Å². The fourth-order valence-corrected chi connectivity index (χ4v) is 3.53. The van der Waals surface area contributed by atoms with Gasteiger partial charge < -0.3 is 5.73 Å². The second-order valence-corrected chi connectivity index (χ2v) is 7.16. The quantitative estimate of drug-likeness (QED) is 0.640. The van der Waals surface area contributed by atoms with Crippen LogP contribution in [0.25, 0.3) is 10.2 Å². The summed E-state index contributed by atoms with van der Waals surface area (Å²) in [5, 5.41) is 3.54. The van der Waals surface area contributed by atoms with Crippen LogP contribution in [0.15, 0.2) is 30.3 Å². The lowest BCUT2D eigenvalue weighted by atomic mass is 9.97. The molecule has 124 valence electrons. The molecule has 3 N–H and O–H groups in total. The smallest absolute Gasteiger partial charge is 0.259 e. The maximum atomic E-state index is 13.3. The van der Waals surface area contributed by atoms with Crippen molar-refractivity contribution in [1.82, 2.24) is 4.98 Å². The van der Waals surface area contributed by atoms with Crippen LogP contribution in [0.1, 0.15) is 35.7 Å². The standard InChI is InChI=1S/C17H15ClFN3OS/c1-8(2)11-5-9(18)6-12(15(11)20)16(23)22-17-21-13-4-3-10(19)7-14(13)24-17/h3-8H,20H2,1-2H3,(H,21,22,23). The first-order chi connectivity index (χ1) is 11.3. The molecule has 7 heteroatoms. The lowest BCUT2D eigenvalue weighted by Gasteiger charge is -2.14. The number of nitrogens with two attached hydrogens (primary N) is 1. The largest absolute Gasteiger partial charge is 0.398 e. The van der Waals surface area contributed by atoms with Crippen molar-refractivity contribution in [1.29, 1.82) is 0 Å². The molecule has 0 radical (unpaired) electrons. The van der Waals surface area contributed by atoms with Crippen molar-refractivity contribution < 1.29 is 9.18 Å². The summed E-state index contributed by atoms with van der Waals surface area (Å²) in [7, 11) is 0. The molecule has 0 aliphatic heterocycles. The lowest BCUT2D eigenvalue weighted by molar-refractivity contribution is 0.102. The topological polar surface area (TPSA) is 68.0 Å². The van der Waals surface area contributed by atoms with Crippen LogP contribution in [0, 0.1) is 5.82 Å². The number of benzene rings is 2. The van der Waals surface area contributed by atoms with Crippen molar-refractivity contribution in [2.24, 2.45) is 0 Å². The molecule has 0 atom stereocenters. The number of nitrogens with zero attached hydrogens (tertiary/aromatic N) is 1. The summed E-state index contributed by atoms with van der Waals surface area (Å²) in [6.07, 6.45) is 0. The van der Waals surface area contributed by atoms with E-state index in [1.165, 1.54) is 29.5 Å². The molecule has 3 aromatic rings. The number of fused-ring (bicyclic) bond motifs is 1. The molecule has 1 heterocycles. The maximum Gasteiger partial charge on any atom is 0.259 e. The second-order valence-electron chi connectivity index (χ2n) is 5.70. The monoisotopic (exact) mass is 363 g/mol. The van der Waals surface area contributed by atoms with Gasteiger partial charge in [0.05, 0.1) is 15.8 Å². The Morgan fingerprint density at radius 3 is 2.79 bits per heavy atom. The number of rotatable bonds is 3. The van der Waals surface area contributed by atoms with Crippen LogP contribution in [-0.4, -0.2) is 10.9 Å². The number of anilines is 2. The normalized spacial score (nSPS) is 11.2. The second kappa shape index (κ2) is 6.37. The van der Waals surface area contributed by atoms with E-state index in [1.54, 1.807) is 12.1 Å². The van der Waals surface area contributed by atoms with Crippen LogP contribution in [0.5, 0.6) is 0 Å². The number of aromatic nitrogens is 1. The van der Waals surface area contributed by atoms with Gasteiger partial charge >= 0.3 is 0 Å². The lowest BCUT2D eigenvalue weighted by Crippen LogP contribution is -2.15. The highest BCUT2D eigenvalue weighted by molar-refractivity contribution is 7.22. The Bertz CT molecular complexity index is 939. The molecule has 0 aliphatic carbocycles. The van der Waals surface area contributed by atoms with Gasteiger partial charge in [-0.25, -0.2) is 9.37 Å². The summed E-state index contributed by atoms with van der Waals surface area (Å²) < 4.78 is 13.9. The summed E-state index contributed by atoms with van der Waals surface area (Å²) >= 11 is 7.30. The van der Waals surface area contributed by atoms with Crippen LogP contribution in [0.2, 0.25) is 5.02 Å². The van der Waals surface area contributed by atoms with Gasteiger partial charge in [-0.05, 0) is 41.8 Å². The summed E-state index contributed by atoms with van der Waals surface area (Å²) in [4.78, 5) is 16.8. The number of amides is 1. The summed E-state index contributed by atoms with van der Waals surface area (Å²) in [6, 6.07) is 7.58.